The molecule has 84 valence electrons. The molecule has 1 aliphatic carbocycles. The van der Waals surface area contributed by atoms with E-state index in [1.54, 1.807) is 6.07 Å². The third-order valence-corrected chi connectivity index (χ3v) is 3.96. The number of hydrogen-bond acceptors (Lipinski definition) is 2. The average Bonchev–Trinajstić information content (AvgIpc) is 2.22. The van der Waals surface area contributed by atoms with Gasteiger partial charge < -0.3 is 4.74 Å². The van der Waals surface area contributed by atoms with E-state index in [4.69, 9.17) is 4.74 Å². The van der Waals surface area contributed by atoms with E-state index < -0.39 is 5.41 Å². The van der Waals surface area contributed by atoms with Crippen molar-refractivity contribution in [2.24, 2.45) is 0 Å². The summed E-state index contributed by atoms with van der Waals surface area (Å²) in [7, 11) is 1.53. The van der Waals surface area contributed by atoms with Crippen molar-refractivity contribution >= 4 is 15.9 Å². The lowest BCUT2D eigenvalue weighted by atomic mass is 9.65. The maximum Gasteiger partial charge on any atom is 0.133 e. The molecular formula is C12H11BrFNO. The third kappa shape index (κ3) is 1.51. The summed E-state index contributed by atoms with van der Waals surface area (Å²) >= 11 is 3.33. The topological polar surface area (TPSA) is 33.0 Å². The molecule has 0 aromatic heterocycles. The Hall–Kier alpha value is -1.08. The zero-order valence-electron chi connectivity index (χ0n) is 8.89. The summed E-state index contributed by atoms with van der Waals surface area (Å²) < 4.78 is 19.5. The zero-order chi connectivity index (χ0) is 11.8. The van der Waals surface area contributed by atoms with Crippen LogP contribution in [0.25, 0.3) is 0 Å². The van der Waals surface area contributed by atoms with Crippen LogP contribution in [0, 0.1) is 17.1 Å². The fourth-order valence-corrected chi connectivity index (χ4v) is 2.94. The van der Waals surface area contributed by atoms with Crippen LogP contribution >= 0.6 is 15.9 Å². The van der Waals surface area contributed by atoms with Crippen LogP contribution < -0.4 is 4.74 Å². The summed E-state index contributed by atoms with van der Waals surface area (Å²) in [5.74, 6) is 0.229. The van der Waals surface area contributed by atoms with Crippen molar-refractivity contribution in [1.82, 2.24) is 0 Å². The first kappa shape index (κ1) is 11.4. The summed E-state index contributed by atoms with van der Waals surface area (Å²) in [6.45, 7) is 0. The van der Waals surface area contributed by atoms with Gasteiger partial charge in [0.05, 0.1) is 23.1 Å². The maximum atomic E-state index is 13.8. The van der Waals surface area contributed by atoms with Crippen LogP contribution in [0.3, 0.4) is 0 Å². The number of methoxy groups -OCH3 is 1. The normalized spacial score (nSPS) is 17.4. The van der Waals surface area contributed by atoms with Gasteiger partial charge in [-0.15, -0.1) is 0 Å². The average molecular weight is 284 g/mol. The van der Waals surface area contributed by atoms with E-state index in [-0.39, 0.29) is 5.82 Å². The minimum atomic E-state index is -0.669. The van der Waals surface area contributed by atoms with Crippen LogP contribution in [0.2, 0.25) is 0 Å². The van der Waals surface area contributed by atoms with Gasteiger partial charge in [-0.25, -0.2) is 4.39 Å². The van der Waals surface area contributed by atoms with Crippen LogP contribution in [-0.2, 0) is 5.41 Å². The molecule has 16 heavy (non-hydrogen) atoms. The molecule has 4 heteroatoms. The summed E-state index contributed by atoms with van der Waals surface area (Å²) in [4.78, 5) is 0. The molecule has 0 bridgehead atoms. The molecular weight excluding hydrogens is 273 g/mol. The quantitative estimate of drug-likeness (QED) is 0.832. The molecule has 0 atom stereocenters. The molecule has 0 amide bonds. The number of hydrogen-bond donors (Lipinski definition) is 0. The Morgan fingerprint density at radius 1 is 1.50 bits per heavy atom. The first-order valence-electron chi connectivity index (χ1n) is 5.08. The highest BCUT2D eigenvalue weighted by atomic mass is 79.9. The van der Waals surface area contributed by atoms with Gasteiger partial charge in [0.1, 0.15) is 11.6 Å². The second-order valence-corrected chi connectivity index (χ2v) is 4.78. The predicted octanol–water partition coefficient (Wildman–Crippen LogP) is 3.54. The van der Waals surface area contributed by atoms with Crippen LogP contribution in [0.1, 0.15) is 24.8 Å². The SMILES string of the molecule is COc1ccc(F)c(C2(C#N)CCC2)c1Br. The molecule has 1 aromatic rings. The van der Waals surface area contributed by atoms with Crippen molar-refractivity contribution in [2.75, 3.05) is 7.11 Å². The summed E-state index contributed by atoms with van der Waals surface area (Å²) in [5, 5.41) is 9.22. The Balaban J connectivity index is 2.60. The van der Waals surface area contributed by atoms with Gasteiger partial charge in [-0.2, -0.15) is 5.26 Å². The first-order chi connectivity index (χ1) is 7.64. The summed E-state index contributed by atoms with van der Waals surface area (Å²) in [6, 6.07) is 5.16. The maximum absolute atomic E-state index is 13.8. The Labute approximate surface area is 102 Å². The smallest absolute Gasteiger partial charge is 0.133 e. The monoisotopic (exact) mass is 283 g/mol. The largest absolute Gasteiger partial charge is 0.496 e. The molecule has 1 saturated carbocycles. The van der Waals surface area contributed by atoms with Crippen LogP contribution in [0.5, 0.6) is 5.75 Å². The van der Waals surface area contributed by atoms with Crippen molar-refractivity contribution in [3.05, 3.63) is 28.0 Å². The lowest BCUT2D eigenvalue weighted by Crippen LogP contribution is -2.33. The number of rotatable bonds is 2. The van der Waals surface area contributed by atoms with E-state index in [1.807, 2.05) is 0 Å². The Morgan fingerprint density at radius 3 is 2.62 bits per heavy atom. The number of nitriles is 1. The van der Waals surface area contributed by atoms with Gasteiger partial charge in [-0.3, -0.25) is 0 Å². The number of nitrogens with zero attached hydrogens (tertiary/aromatic N) is 1. The van der Waals surface area contributed by atoms with E-state index in [0.29, 0.717) is 28.6 Å². The zero-order valence-corrected chi connectivity index (χ0v) is 10.5. The van der Waals surface area contributed by atoms with Gasteiger partial charge in [0.15, 0.2) is 0 Å². The molecule has 0 aliphatic heterocycles. The number of benzene rings is 1. The minimum Gasteiger partial charge on any atom is -0.496 e. The van der Waals surface area contributed by atoms with Crippen molar-refractivity contribution in [3.8, 4) is 11.8 Å². The lowest BCUT2D eigenvalue weighted by molar-refractivity contribution is 0.309. The molecule has 0 N–H and O–H groups in total. The van der Waals surface area contributed by atoms with Gasteiger partial charge in [0, 0.05) is 5.56 Å². The van der Waals surface area contributed by atoms with Gasteiger partial charge in [0.25, 0.3) is 0 Å². The van der Waals surface area contributed by atoms with Crippen LogP contribution in [-0.4, -0.2) is 7.11 Å². The Bertz CT molecular complexity index is 463. The first-order valence-corrected chi connectivity index (χ1v) is 5.87. The molecule has 0 spiro atoms. The number of halogens is 2. The van der Waals surface area contributed by atoms with E-state index in [0.717, 1.165) is 6.42 Å². The molecule has 1 aromatic carbocycles. The second-order valence-electron chi connectivity index (χ2n) is 3.99. The van der Waals surface area contributed by atoms with Gasteiger partial charge in [0.2, 0.25) is 0 Å². The van der Waals surface area contributed by atoms with E-state index in [2.05, 4.69) is 22.0 Å². The molecule has 0 unspecified atom stereocenters. The molecule has 2 nitrogen and oxygen atoms in total. The van der Waals surface area contributed by atoms with Crippen molar-refractivity contribution in [2.45, 2.75) is 24.7 Å². The predicted molar refractivity (Wildman–Crippen MR) is 61.8 cm³/mol. The molecule has 0 heterocycles. The van der Waals surface area contributed by atoms with Crippen molar-refractivity contribution in [1.29, 1.82) is 5.26 Å². The third-order valence-electron chi connectivity index (χ3n) is 3.18. The Kier molecular flexibility index (Phi) is 2.90. The fraction of sp³-hybridized carbons (Fsp3) is 0.417. The fourth-order valence-electron chi connectivity index (χ4n) is 2.08. The van der Waals surface area contributed by atoms with Crippen molar-refractivity contribution < 1.29 is 9.13 Å². The molecule has 2 rings (SSSR count). The van der Waals surface area contributed by atoms with Gasteiger partial charge in [-0.05, 0) is 47.3 Å². The van der Waals surface area contributed by atoms with E-state index in [1.165, 1.54) is 13.2 Å². The second kappa shape index (κ2) is 4.06. The highest BCUT2D eigenvalue weighted by Crippen LogP contribution is 2.48. The minimum absolute atomic E-state index is 0.339. The summed E-state index contributed by atoms with van der Waals surface area (Å²) in [6.07, 6.45) is 2.40. The molecule has 1 aliphatic rings. The van der Waals surface area contributed by atoms with Gasteiger partial charge in [-0.1, -0.05) is 0 Å². The van der Waals surface area contributed by atoms with E-state index >= 15 is 0 Å². The Morgan fingerprint density at radius 2 is 2.19 bits per heavy atom. The highest BCUT2D eigenvalue weighted by molar-refractivity contribution is 9.10. The molecule has 0 saturated heterocycles. The lowest BCUT2D eigenvalue weighted by Gasteiger charge is -2.36. The summed E-state index contributed by atoms with van der Waals surface area (Å²) in [5.41, 5.74) is -0.224. The molecule has 1 fully saturated rings. The number of ether oxygens (including phenoxy) is 1. The van der Waals surface area contributed by atoms with E-state index in [9.17, 15) is 9.65 Å². The standard InChI is InChI=1S/C12H11BrFNO/c1-16-9-4-3-8(14)10(11(9)13)12(7-15)5-2-6-12/h3-4H,2,5-6H2,1H3. The van der Waals surface area contributed by atoms with Crippen molar-refractivity contribution in [3.63, 3.8) is 0 Å². The highest BCUT2D eigenvalue weighted by Gasteiger charge is 2.43. The molecule has 0 radical (unpaired) electrons. The van der Waals surface area contributed by atoms with Crippen LogP contribution in [0.15, 0.2) is 16.6 Å². The van der Waals surface area contributed by atoms with Gasteiger partial charge >= 0.3 is 0 Å². The van der Waals surface area contributed by atoms with Crippen LogP contribution in [0.4, 0.5) is 4.39 Å².